The summed E-state index contributed by atoms with van der Waals surface area (Å²) >= 11 is 1.52. The zero-order valence-electron chi connectivity index (χ0n) is 19.0. The lowest BCUT2D eigenvalue weighted by molar-refractivity contribution is -0.142. The van der Waals surface area contributed by atoms with Gasteiger partial charge in [-0.05, 0) is 47.6 Å². The minimum atomic E-state index is -1.07. The number of hydrogen-bond acceptors (Lipinski definition) is 5. The van der Waals surface area contributed by atoms with E-state index >= 15 is 0 Å². The molecule has 0 bridgehead atoms. The molecule has 33 heavy (non-hydrogen) atoms. The van der Waals surface area contributed by atoms with Crippen LogP contribution < -0.4 is 10.6 Å². The minimum absolute atomic E-state index is 0.0491. The molecule has 2 unspecified atom stereocenters. The number of amides is 2. The number of alkyl carbamates (subject to hydrolysis) is 1. The van der Waals surface area contributed by atoms with Gasteiger partial charge in [0.15, 0.2) is 0 Å². The molecule has 2 amide bonds. The van der Waals surface area contributed by atoms with Crippen LogP contribution in [0.3, 0.4) is 0 Å². The first-order chi connectivity index (χ1) is 15.8. The Balaban J connectivity index is 1.55. The Kier molecular flexibility index (Phi) is 8.38. The molecule has 8 heteroatoms. The van der Waals surface area contributed by atoms with Gasteiger partial charge in [0.1, 0.15) is 12.6 Å². The highest BCUT2D eigenvalue weighted by Crippen LogP contribution is 2.44. The van der Waals surface area contributed by atoms with E-state index in [0.29, 0.717) is 12.2 Å². The lowest BCUT2D eigenvalue weighted by atomic mass is 9.98. The van der Waals surface area contributed by atoms with Gasteiger partial charge in [0.25, 0.3) is 0 Å². The van der Waals surface area contributed by atoms with Crippen LogP contribution in [0.1, 0.15) is 37.3 Å². The second kappa shape index (κ2) is 11.2. The number of carboxylic acid groups (broad SMARTS) is 1. The van der Waals surface area contributed by atoms with Gasteiger partial charge in [-0.25, -0.2) is 9.59 Å². The van der Waals surface area contributed by atoms with Gasteiger partial charge >= 0.3 is 12.1 Å². The largest absolute Gasteiger partial charge is 0.480 e. The van der Waals surface area contributed by atoms with Crippen molar-refractivity contribution in [3.63, 3.8) is 0 Å². The molecule has 3 rings (SSSR count). The Morgan fingerprint density at radius 3 is 2.12 bits per heavy atom. The van der Waals surface area contributed by atoms with E-state index in [1.165, 1.54) is 11.8 Å². The third-order valence-corrected chi connectivity index (χ3v) is 6.72. The summed E-state index contributed by atoms with van der Waals surface area (Å²) < 4.78 is 5.53. The number of rotatable bonds is 10. The van der Waals surface area contributed by atoms with Crippen molar-refractivity contribution in [3.05, 3.63) is 59.7 Å². The van der Waals surface area contributed by atoms with Crippen LogP contribution in [-0.2, 0) is 14.3 Å². The van der Waals surface area contributed by atoms with E-state index < -0.39 is 36.0 Å². The molecule has 0 spiro atoms. The van der Waals surface area contributed by atoms with Crippen molar-refractivity contribution < 1.29 is 24.2 Å². The summed E-state index contributed by atoms with van der Waals surface area (Å²) in [6.07, 6.45) is 1.61. The summed E-state index contributed by atoms with van der Waals surface area (Å²) in [5, 5.41) is 14.6. The first-order valence-electron chi connectivity index (χ1n) is 11.0. The SMILES string of the molecule is CSCC[C@H](NC(=O)C(C)C(C)NC(=O)OCC1c2ccccc2-c2ccccc21)C(=O)O. The molecular weight excluding hydrogens is 440 g/mol. The Morgan fingerprint density at radius 1 is 1.00 bits per heavy atom. The minimum Gasteiger partial charge on any atom is -0.480 e. The highest BCUT2D eigenvalue weighted by Gasteiger charge is 2.30. The first-order valence-corrected chi connectivity index (χ1v) is 12.4. The van der Waals surface area contributed by atoms with Gasteiger partial charge in [0, 0.05) is 12.0 Å². The highest BCUT2D eigenvalue weighted by atomic mass is 32.2. The topological polar surface area (TPSA) is 105 Å². The number of nitrogens with one attached hydrogen (secondary N) is 2. The number of fused-ring (bicyclic) bond motifs is 3. The van der Waals surface area contributed by atoms with Crippen molar-refractivity contribution in [2.45, 2.75) is 38.3 Å². The number of carbonyl (C=O) groups is 3. The molecule has 2 aromatic rings. The predicted molar refractivity (Wildman–Crippen MR) is 129 cm³/mol. The maximum absolute atomic E-state index is 12.5. The van der Waals surface area contributed by atoms with Crippen LogP contribution in [-0.4, -0.2) is 53.8 Å². The molecule has 7 nitrogen and oxygen atoms in total. The molecule has 0 aromatic heterocycles. The maximum Gasteiger partial charge on any atom is 0.407 e. The van der Waals surface area contributed by atoms with Gasteiger partial charge in [0.05, 0.1) is 5.92 Å². The molecule has 2 aromatic carbocycles. The fraction of sp³-hybridized carbons (Fsp3) is 0.400. The molecule has 0 saturated carbocycles. The van der Waals surface area contributed by atoms with Crippen molar-refractivity contribution >= 4 is 29.7 Å². The predicted octanol–water partition coefficient (Wildman–Crippen LogP) is 3.87. The Labute approximate surface area is 198 Å². The van der Waals surface area contributed by atoms with Crippen LogP contribution in [0, 0.1) is 5.92 Å². The summed E-state index contributed by atoms with van der Waals surface area (Å²) in [7, 11) is 0. The molecule has 0 saturated heterocycles. The van der Waals surface area contributed by atoms with E-state index in [-0.39, 0.29) is 12.5 Å². The number of carboxylic acids is 1. The third kappa shape index (κ3) is 5.87. The summed E-state index contributed by atoms with van der Waals surface area (Å²) in [5.74, 6) is -1.54. The zero-order chi connectivity index (χ0) is 24.0. The monoisotopic (exact) mass is 470 g/mol. The molecule has 0 fully saturated rings. The van der Waals surface area contributed by atoms with Crippen LogP contribution in [0.5, 0.6) is 0 Å². The standard InChI is InChI=1S/C25H30N2O5S/c1-15(23(28)27-22(24(29)30)12-13-33-3)16(2)26-25(31)32-14-21-19-10-6-4-8-17(19)18-9-5-7-11-20(18)21/h4-11,15-16,21-22H,12-14H2,1-3H3,(H,26,31)(H,27,28)(H,29,30)/t15?,16?,22-/m0/s1. The number of aliphatic carboxylic acids is 1. The molecule has 0 aliphatic heterocycles. The molecule has 1 aliphatic rings. The van der Waals surface area contributed by atoms with Crippen LogP contribution in [0.2, 0.25) is 0 Å². The van der Waals surface area contributed by atoms with Crippen molar-refractivity contribution in [3.8, 4) is 11.1 Å². The van der Waals surface area contributed by atoms with Crippen LogP contribution in [0.4, 0.5) is 4.79 Å². The number of carbonyl (C=O) groups excluding carboxylic acids is 2. The van der Waals surface area contributed by atoms with Crippen molar-refractivity contribution in [2.24, 2.45) is 5.92 Å². The van der Waals surface area contributed by atoms with E-state index in [2.05, 4.69) is 22.8 Å². The number of ether oxygens (including phenoxy) is 1. The van der Waals surface area contributed by atoms with Gasteiger partial charge in [-0.15, -0.1) is 0 Å². The summed E-state index contributed by atoms with van der Waals surface area (Å²) in [4.78, 5) is 36.4. The first kappa shape index (κ1) is 24.6. The Morgan fingerprint density at radius 2 is 1.58 bits per heavy atom. The second-order valence-electron chi connectivity index (χ2n) is 8.23. The summed E-state index contributed by atoms with van der Waals surface area (Å²) in [6.45, 7) is 3.53. The van der Waals surface area contributed by atoms with Gasteiger partial charge in [0.2, 0.25) is 5.91 Å². The molecule has 0 radical (unpaired) electrons. The van der Waals surface area contributed by atoms with E-state index in [1.807, 2.05) is 42.7 Å². The van der Waals surface area contributed by atoms with Gasteiger partial charge < -0.3 is 20.5 Å². The third-order valence-electron chi connectivity index (χ3n) is 6.08. The lowest BCUT2D eigenvalue weighted by Gasteiger charge is -2.23. The molecule has 1 aliphatic carbocycles. The Bertz CT molecular complexity index is 966. The van der Waals surface area contributed by atoms with E-state index in [0.717, 1.165) is 22.3 Å². The average molecular weight is 471 g/mol. The Hall–Kier alpha value is -3.00. The van der Waals surface area contributed by atoms with Crippen LogP contribution in [0.25, 0.3) is 11.1 Å². The van der Waals surface area contributed by atoms with Gasteiger partial charge in [-0.2, -0.15) is 11.8 Å². The normalized spacial score (nSPS) is 15.0. The number of thioether (sulfide) groups is 1. The van der Waals surface area contributed by atoms with E-state index in [1.54, 1.807) is 13.8 Å². The second-order valence-corrected chi connectivity index (χ2v) is 9.21. The smallest absolute Gasteiger partial charge is 0.407 e. The van der Waals surface area contributed by atoms with E-state index in [9.17, 15) is 19.5 Å². The molecule has 3 atom stereocenters. The van der Waals surface area contributed by atoms with Gasteiger partial charge in [-0.1, -0.05) is 55.5 Å². The summed E-state index contributed by atoms with van der Waals surface area (Å²) in [6, 6.07) is 14.7. The summed E-state index contributed by atoms with van der Waals surface area (Å²) in [5.41, 5.74) is 4.54. The fourth-order valence-corrected chi connectivity index (χ4v) is 4.45. The van der Waals surface area contributed by atoms with E-state index in [4.69, 9.17) is 4.74 Å². The van der Waals surface area contributed by atoms with Crippen LogP contribution in [0.15, 0.2) is 48.5 Å². The quantitative estimate of drug-likeness (QED) is 0.487. The van der Waals surface area contributed by atoms with Crippen LogP contribution >= 0.6 is 11.8 Å². The number of hydrogen-bond donors (Lipinski definition) is 3. The molecular formula is C25H30N2O5S. The van der Waals surface area contributed by atoms with Crippen molar-refractivity contribution in [1.82, 2.24) is 10.6 Å². The zero-order valence-corrected chi connectivity index (χ0v) is 19.9. The maximum atomic E-state index is 12.5. The number of benzene rings is 2. The molecule has 3 N–H and O–H groups in total. The van der Waals surface area contributed by atoms with Crippen molar-refractivity contribution in [1.29, 1.82) is 0 Å². The van der Waals surface area contributed by atoms with Crippen molar-refractivity contribution in [2.75, 3.05) is 18.6 Å². The van der Waals surface area contributed by atoms with Gasteiger partial charge in [-0.3, -0.25) is 4.79 Å². The molecule has 176 valence electrons. The highest BCUT2D eigenvalue weighted by molar-refractivity contribution is 7.98. The average Bonchev–Trinajstić information content (AvgIpc) is 3.13. The molecule has 0 heterocycles. The fourth-order valence-electron chi connectivity index (χ4n) is 3.97. The lowest BCUT2D eigenvalue weighted by Crippen LogP contribution is -2.49.